The highest BCUT2D eigenvalue weighted by atomic mass is 35.5. The Morgan fingerprint density at radius 3 is 2.32 bits per heavy atom. The van der Waals surface area contributed by atoms with Crippen molar-refractivity contribution in [2.45, 2.75) is 90.8 Å². The van der Waals surface area contributed by atoms with Gasteiger partial charge in [0.1, 0.15) is 23.4 Å². The van der Waals surface area contributed by atoms with Gasteiger partial charge < -0.3 is 25.4 Å². The number of benzene rings is 3. The molecule has 3 N–H and O–H groups in total. The van der Waals surface area contributed by atoms with Gasteiger partial charge in [0, 0.05) is 13.0 Å². The molecule has 3 amide bonds. The molecule has 0 radical (unpaired) electrons. The highest BCUT2D eigenvalue weighted by Gasteiger charge is 2.36. The van der Waals surface area contributed by atoms with Crippen molar-refractivity contribution in [2.75, 3.05) is 11.9 Å². The number of para-hydroxylation sites is 1. The van der Waals surface area contributed by atoms with Crippen LogP contribution in [0.1, 0.15) is 88.1 Å². The number of nitrogens with one attached hydrogen (secondary N) is 2. The number of anilines is 1. The van der Waals surface area contributed by atoms with Crippen LogP contribution in [0.15, 0.2) is 73.3 Å². The van der Waals surface area contributed by atoms with Crippen LogP contribution in [0.5, 0.6) is 5.75 Å². The number of halogens is 1. The van der Waals surface area contributed by atoms with Crippen molar-refractivity contribution in [3.8, 4) is 5.75 Å². The second-order valence-corrected chi connectivity index (χ2v) is 13.1. The Balaban J connectivity index is 2.12. The van der Waals surface area contributed by atoms with Gasteiger partial charge in [-0.25, -0.2) is 4.79 Å². The van der Waals surface area contributed by atoms with Crippen LogP contribution in [0.4, 0.5) is 10.5 Å². The molecular weight excluding hydrogens is 614 g/mol. The van der Waals surface area contributed by atoms with Gasteiger partial charge in [0.05, 0.1) is 10.7 Å². The summed E-state index contributed by atoms with van der Waals surface area (Å²) in [6.07, 6.45) is 5.68. The van der Waals surface area contributed by atoms with Gasteiger partial charge in [-0.3, -0.25) is 9.59 Å². The zero-order valence-electron chi connectivity index (χ0n) is 28.1. The molecule has 3 aromatic rings. The standard InChI is InChI=1S/C38H48ClN3O5/c1-7-9-10-11-12-23-42(36(45)32(40-37(46)47-38(4,5)6)25-28-19-21-30(43)22-20-28)34(29-17-14-16-27(8-2)24-29)35(44)41-33-26(3)15-13-18-31(33)39/h8,13-22,24,32,34,43H,2,7,9-12,23,25H2,1,3-6H3,(H,40,46)(H,41,44). The van der Waals surface area contributed by atoms with Crippen LogP contribution < -0.4 is 10.6 Å². The summed E-state index contributed by atoms with van der Waals surface area (Å²) >= 11 is 6.52. The number of unbranched alkanes of at least 4 members (excludes halogenated alkanes) is 4. The maximum absolute atomic E-state index is 14.8. The van der Waals surface area contributed by atoms with E-state index in [1.54, 1.807) is 56.0 Å². The molecular formula is C38H48ClN3O5. The van der Waals surface area contributed by atoms with E-state index in [0.717, 1.165) is 36.8 Å². The Labute approximate surface area is 284 Å². The minimum absolute atomic E-state index is 0.0825. The second-order valence-electron chi connectivity index (χ2n) is 12.7. The number of alkyl carbamates (subject to hydrolysis) is 1. The first-order valence-electron chi connectivity index (χ1n) is 16.2. The third-order valence-corrected chi connectivity index (χ3v) is 7.96. The quantitative estimate of drug-likeness (QED) is 0.141. The average Bonchev–Trinajstić information content (AvgIpc) is 3.01. The van der Waals surface area contributed by atoms with Crippen molar-refractivity contribution in [1.82, 2.24) is 10.2 Å². The zero-order valence-corrected chi connectivity index (χ0v) is 28.9. The number of hydrogen-bond acceptors (Lipinski definition) is 5. The Morgan fingerprint density at radius 1 is 1.00 bits per heavy atom. The first-order valence-corrected chi connectivity index (χ1v) is 16.6. The molecule has 0 fully saturated rings. The monoisotopic (exact) mass is 661 g/mol. The van der Waals surface area contributed by atoms with Crippen LogP contribution in [0.3, 0.4) is 0 Å². The van der Waals surface area contributed by atoms with Crippen molar-refractivity contribution in [3.05, 3.63) is 101 Å². The van der Waals surface area contributed by atoms with E-state index in [2.05, 4.69) is 24.1 Å². The number of aromatic hydroxyl groups is 1. The van der Waals surface area contributed by atoms with E-state index in [-0.39, 0.29) is 18.7 Å². The van der Waals surface area contributed by atoms with Crippen molar-refractivity contribution >= 4 is 41.3 Å². The van der Waals surface area contributed by atoms with E-state index in [0.29, 0.717) is 28.3 Å². The predicted octanol–water partition coefficient (Wildman–Crippen LogP) is 8.61. The minimum atomic E-state index is -1.08. The van der Waals surface area contributed by atoms with Gasteiger partial charge in [-0.15, -0.1) is 0 Å². The lowest BCUT2D eigenvalue weighted by Gasteiger charge is -2.35. The van der Waals surface area contributed by atoms with E-state index in [1.165, 1.54) is 12.1 Å². The molecule has 2 atom stereocenters. The maximum atomic E-state index is 14.8. The van der Waals surface area contributed by atoms with Gasteiger partial charge in [-0.05, 0) is 80.6 Å². The number of carbonyl (C=O) groups excluding carboxylic acids is 3. The van der Waals surface area contributed by atoms with Gasteiger partial charge in [-0.1, -0.05) is 99.3 Å². The molecule has 9 heteroatoms. The number of amides is 3. The number of aryl methyl sites for hydroxylation is 1. The molecule has 0 bridgehead atoms. The molecule has 0 aromatic heterocycles. The van der Waals surface area contributed by atoms with Gasteiger partial charge in [0.25, 0.3) is 5.91 Å². The van der Waals surface area contributed by atoms with Gasteiger partial charge in [0.2, 0.25) is 5.91 Å². The van der Waals surface area contributed by atoms with E-state index < -0.39 is 35.6 Å². The van der Waals surface area contributed by atoms with Crippen LogP contribution in [-0.2, 0) is 20.7 Å². The molecule has 0 aliphatic carbocycles. The summed E-state index contributed by atoms with van der Waals surface area (Å²) in [6.45, 7) is 13.4. The number of nitrogens with zero attached hydrogens (tertiary/aromatic N) is 1. The van der Waals surface area contributed by atoms with E-state index in [1.807, 2.05) is 37.3 Å². The van der Waals surface area contributed by atoms with Crippen molar-refractivity contribution in [2.24, 2.45) is 0 Å². The Morgan fingerprint density at radius 2 is 1.68 bits per heavy atom. The molecule has 0 saturated carbocycles. The lowest BCUT2D eigenvalue weighted by Crippen LogP contribution is -2.53. The molecule has 0 saturated heterocycles. The largest absolute Gasteiger partial charge is 0.508 e. The van der Waals surface area contributed by atoms with Crippen LogP contribution >= 0.6 is 11.6 Å². The van der Waals surface area contributed by atoms with Crippen LogP contribution in [0.2, 0.25) is 5.02 Å². The topological polar surface area (TPSA) is 108 Å². The molecule has 2 unspecified atom stereocenters. The maximum Gasteiger partial charge on any atom is 0.408 e. The lowest BCUT2D eigenvalue weighted by molar-refractivity contribution is -0.140. The third-order valence-electron chi connectivity index (χ3n) is 7.64. The summed E-state index contributed by atoms with van der Waals surface area (Å²) in [4.78, 5) is 43.8. The molecule has 3 rings (SSSR count). The molecule has 0 aliphatic rings. The highest BCUT2D eigenvalue weighted by Crippen LogP contribution is 2.30. The van der Waals surface area contributed by atoms with Crippen LogP contribution in [0, 0.1) is 6.92 Å². The number of phenolic OH excluding ortho intramolecular Hbond substituents is 1. The van der Waals surface area contributed by atoms with E-state index in [9.17, 15) is 19.5 Å². The second kappa shape index (κ2) is 17.6. The van der Waals surface area contributed by atoms with Gasteiger partial charge in [-0.2, -0.15) is 0 Å². The summed E-state index contributed by atoms with van der Waals surface area (Å²) in [7, 11) is 0. The summed E-state index contributed by atoms with van der Waals surface area (Å²) in [5, 5.41) is 16.0. The SMILES string of the molecule is C=Cc1cccc(C(C(=O)Nc2c(C)cccc2Cl)N(CCCCCCC)C(=O)C(Cc2ccc(O)cc2)NC(=O)OC(C)(C)C)c1. The van der Waals surface area contributed by atoms with Crippen LogP contribution in [0.25, 0.3) is 6.08 Å². The fraction of sp³-hybridized carbons (Fsp3) is 0.395. The highest BCUT2D eigenvalue weighted by molar-refractivity contribution is 6.34. The summed E-state index contributed by atoms with van der Waals surface area (Å²) in [5.74, 6) is -0.802. The average molecular weight is 662 g/mol. The molecule has 3 aromatic carbocycles. The zero-order chi connectivity index (χ0) is 34.6. The van der Waals surface area contributed by atoms with E-state index >= 15 is 0 Å². The Hall–Kier alpha value is -4.30. The Bertz CT molecular complexity index is 1500. The number of rotatable bonds is 15. The van der Waals surface area contributed by atoms with Gasteiger partial charge in [0.15, 0.2) is 0 Å². The Kier molecular flexibility index (Phi) is 13.9. The smallest absolute Gasteiger partial charge is 0.408 e. The molecule has 252 valence electrons. The summed E-state index contributed by atoms with van der Waals surface area (Å²) in [6, 6.07) is 17.0. The number of ether oxygens (including phenoxy) is 1. The molecule has 0 heterocycles. The molecule has 0 aliphatic heterocycles. The fourth-order valence-electron chi connectivity index (χ4n) is 5.28. The molecule has 8 nitrogen and oxygen atoms in total. The third kappa shape index (κ3) is 11.5. The summed E-state index contributed by atoms with van der Waals surface area (Å²) in [5.41, 5.74) is 2.53. The van der Waals surface area contributed by atoms with Crippen LogP contribution in [-0.4, -0.2) is 46.1 Å². The first-order chi connectivity index (χ1) is 22.3. The van der Waals surface area contributed by atoms with Gasteiger partial charge >= 0.3 is 6.09 Å². The number of carbonyl (C=O) groups is 3. The fourth-order valence-corrected chi connectivity index (χ4v) is 5.55. The van der Waals surface area contributed by atoms with E-state index in [4.69, 9.17) is 16.3 Å². The number of hydrogen-bond donors (Lipinski definition) is 3. The van der Waals surface area contributed by atoms with Crippen molar-refractivity contribution in [1.29, 1.82) is 0 Å². The lowest BCUT2D eigenvalue weighted by atomic mass is 9.98. The summed E-state index contributed by atoms with van der Waals surface area (Å²) < 4.78 is 5.54. The van der Waals surface area contributed by atoms with Crippen molar-refractivity contribution in [3.63, 3.8) is 0 Å². The first kappa shape index (κ1) is 37.2. The normalized spacial score (nSPS) is 12.5. The molecule has 0 spiro atoms. The van der Waals surface area contributed by atoms with Crippen molar-refractivity contribution < 1.29 is 24.2 Å². The minimum Gasteiger partial charge on any atom is -0.508 e. The number of phenols is 1. The predicted molar refractivity (Wildman–Crippen MR) is 190 cm³/mol. The molecule has 47 heavy (non-hydrogen) atoms.